The van der Waals surface area contributed by atoms with Crippen LogP contribution < -0.4 is 4.90 Å². The fourth-order valence-corrected chi connectivity index (χ4v) is 4.00. The Labute approximate surface area is 157 Å². The van der Waals surface area contributed by atoms with Crippen molar-refractivity contribution in [1.29, 1.82) is 0 Å². The van der Waals surface area contributed by atoms with Gasteiger partial charge in [-0.25, -0.2) is 0 Å². The van der Waals surface area contributed by atoms with E-state index in [9.17, 15) is 4.79 Å². The van der Waals surface area contributed by atoms with Gasteiger partial charge in [-0.05, 0) is 45.5 Å². The van der Waals surface area contributed by atoms with Gasteiger partial charge in [0.2, 0.25) is 5.91 Å². The second kappa shape index (κ2) is 8.77. The Morgan fingerprint density at radius 2 is 2.08 bits per heavy atom. The number of anilines is 1. The van der Waals surface area contributed by atoms with E-state index in [1.54, 1.807) is 6.20 Å². The molecular formula is C19H32N6O. The lowest BCUT2D eigenvalue weighted by atomic mass is 10.1. The van der Waals surface area contributed by atoms with Crippen molar-refractivity contribution >= 4 is 11.7 Å². The smallest absolute Gasteiger partial charge is 0.239 e. The van der Waals surface area contributed by atoms with Crippen molar-refractivity contribution in [3.05, 3.63) is 18.3 Å². The summed E-state index contributed by atoms with van der Waals surface area (Å²) in [5.74, 6) is 1.20. The number of aromatic nitrogens is 2. The van der Waals surface area contributed by atoms with Crippen molar-refractivity contribution in [3.8, 4) is 0 Å². The third kappa shape index (κ3) is 4.32. The molecule has 2 unspecified atom stereocenters. The van der Waals surface area contributed by atoms with Gasteiger partial charge < -0.3 is 14.7 Å². The molecule has 0 aromatic carbocycles. The molecule has 7 heteroatoms. The molecule has 0 bridgehead atoms. The molecule has 7 nitrogen and oxygen atoms in total. The molecule has 2 aliphatic rings. The first-order valence-electron chi connectivity index (χ1n) is 9.86. The first kappa shape index (κ1) is 19.0. The zero-order chi connectivity index (χ0) is 18.5. The highest BCUT2D eigenvalue weighted by Crippen LogP contribution is 2.24. The molecule has 0 spiro atoms. The van der Waals surface area contributed by atoms with E-state index in [4.69, 9.17) is 0 Å². The molecule has 3 rings (SSSR count). The molecule has 2 fully saturated rings. The van der Waals surface area contributed by atoms with Gasteiger partial charge in [-0.1, -0.05) is 6.92 Å². The summed E-state index contributed by atoms with van der Waals surface area (Å²) >= 11 is 0. The third-order valence-electron chi connectivity index (χ3n) is 5.88. The Kier molecular flexibility index (Phi) is 6.43. The fourth-order valence-electron chi connectivity index (χ4n) is 4.00. The molecule has 26 heavy (non-hydrogen) atoms. The zero-order valence-corrected chi connectivity index (χ0v) is 16.3. The second-order valence-electron chi connectivity index (χ2n) is 7.45. The Bertz CT molecular complexity index is 575. The highest BCUT2D eigenvalue weighted by molar-refractivity contribution is 5.81. The Hall–Kier alpha value is -1.73. The lowest BCUT2D eigenvalue weighted by molar-refractivity contribution is -0.137. The number of carbonyl (C=O) groups excluding carboxylic acids is 1. The van der Waals surface area contributed by atoms with Gasteiger partial charge in [-0.3, -0.25) is 9.69 Å². The minimum Gasteiger partial charge on any atom is -0.351 e. The van der Waals surface area contributed by atoms with Crippen molar-refractivity contribution in [2.45, 2.75) is 38.8 Å². The minimum atomic E-state index is -0.0903. The van der Waals surface area contributed by atoms with Crippen LogP contribution in [-0.2, 0) is 4.79 Å². The number of hydrogen-bond donors (Lipinski definition) is 0. The summed E-state index contributed by atoms with van der Waals surface area (Å²) in [6.45, 7) is 10.8. The van der Waals surface area contributed by atoms with E-state index in [0.717, 1.165) is 64.5 Å². The maximum atomic E-state index is 12.9. The standard InChI is InChI=1S/C19H32N6O/c1-4-23-11-13-24(14-12-23)19(26)16(2)22(3)15-17-7-6-10-25(17)18-8-5-9-20-21-18/h5,8-9,16-17H,4,6-7,10-15H2,1-3H3. The number of amides is 1. The van der Waals surface area contributed by atoms with E-state index in [1.165, 1.54) is 0 Å². The summed E-state index contributed by atoms with van der Waals surface area (Å²) in [6.07, 6.45) is 4.01. The van der Waals surface area contributed by atoms with Crippen molar-refractivity contribution in [1.82, 2.24) is 24.9 Å². The van der Waals surface area contributed by atoms with Crippen LogP contribution in [0.25, 0.3) is 0 Å². The van der Waals surface area contributed by atoms with E-state index in [-0.39, 0.29) is 11.9 Å². The van der Waals surface area contributed by atoms with Crippen LogP contribution >= 0.6 is 0 Å². The zero-order valence-electron chi connectivity index (χ0n) is 16.3. The summed E-state index contributed by atoms with van der Waals surface area (Å²) in [5, 5.41) is 8.27. The van der Waals surface area contributed by atoms with Gasteiger partial charge in [-0.15, -0.1) is 5.10 Å². The quantitative estimate of drug-likeness (QED) is 0.752. The first-order chi connectivity index (χ1) is 12.6. The minimum absolute atomic E-state index is 0.0903. The van der Waals surface area contributed by atoms with Crippen molar-refractivity contribution in [2.75, 3.05) is 57.8 Å². The molecule has 2 saturated heterocycles. The van der Waals surface area contributed by atoms with Gasteiger partial charge in [0.1, 0.15) is 0 Å². The van der Waals surface area contributed by atoms with Crippen molar-refractivity contribution in [3.63, 3.8) is 0 Å². The molecule has 1 aromatic rings. The Morgan fingerprint density at radius 1 is 1.31 bits per heavy atom. The van der Waals surface area contributed by atoms with Crippen molar-refractivity contribution in [2.24, 2.45) is 0 Å². The summed E-state index contributed by atoms with van der Waals surface area (Å²) in [5.41, 5.74) is 0. The molecule has 2 aliphatic heterocycles. The van der Waals surface area contributed by atoms with Crippen LogP contribution in [0.2, 0.25) is 0 Å². The summed E-state index contributed by atoms with van der Waals surface area (Å²) in [4.78, 5) is 21.9. The van der Waals surface area contributed by atoms with E-state index in [0.29, 0.717) is 6.04 Å². The molecule has 0 aliphatic carbocycles. The monoisotopic (exact) mass is 360 g/mol. The number of nitrogens with zero attached hydrogens (tertiary/aromatic N) is 6. The number of carbonyl (C=O) groups is 1. The lowest BCUT2D eigenvalue weighted by Crippen LogP contribution is -2.54. The Morgan fingerprint density at radius 3 is 2.73 bits per heavy atom. The first-order valence-corrected chi connectivity index (χ1v) is 9.86. The molecular weight excluding hydrogens is 328 g/mol. The number of hydrogen-bond acceptors (Lipinski definition) is 6. The number of likely N-dealkylation sites (N-methyl/N-ethyl adjacent to an activating group) is 2. The molecule has 3 heterocycles. The van der Waals surface area contributed by atoms with Crippen LogP contribution in [-0.4, -0.2) is 95.7 Å². The summed E-state index contributed by atoms with van der Waals surface area (Å²) in [6, 6.07) is 4.26. The van der Waals surface area contributed by atoms with Gasteiger partial charge in [0.05, 0.1) is 6.04 Å². The van der Waals surface area contributed by atoms with Crippen LogP contribution in [0.4, 0.5) is 5.82 Å². The molecule has 0 N–H and O–H groups in total. The lowest BCUT2D eigenvalue weighted by Gasteiger charge is -2.38. The van der Waals surface area contributed by atoms with E-state index in [1.807, 2.05) is 24.0 Å². The predicted octanol–water partition coefficient (Wildman–Crippen LogP) is 0.930. The Balaban J connectivity index is 1.55. The van der Waals surface area contributed by atoms with Crippen LogP contribution in [0, 0.1) is 0 Å². The van der Waals surface area contributed by atoms with Crippen molar-refractivity contribution < 1.29 is 4.79 Å². The maximum Gasteiger partial charge on any atom is 0.239 e. The predicted molar refractivity (Wildman–Crippen MR) is 103 cm³/mol. The normalized spacial score (nSPS) is 22.8. The number of piperazine rings is 1. The topological polar surface area (TPSA) is 55.8 Å². The van der Waals surface area contributed by atoms with Gasteiger partial charge in [0.15, 0.2) is 5.82 Å². The largest absolute Gasteiger partial charge is 0.351 e. The van der Waals surface area contributed by atoms with Gasteiger partial charge >= 0.3 is 0 Å². The van der Waals surface area contributed by atoms with Crippen LogP contribution in [0.3, 0.4) is 0 Å². The van der Waals surface area contributed by atoms with E-state index < -0.39 is 0 Å². The molecule has 0 radical (unpaired) electrons. The summed E-state index contributed by atoms with van der Waals surface area (Å²) in [7, 11) is 2.07. The van der Waals surface area contributed by atoms with Gasteiger partial charge in [0, 0.05) is 51.5 Å². The van der Waals surface area contributed by atoms with Gasteiger partial charge in [0.25, 0.3) is 0 Å². The van der Waals surface area contributed by atoms with Crippen LogP contribution in [0.1, 0.15) is 26.7 Å². The van der Waals surface area contributed by atoms with E-state index in [2.05, 4.69) is 38.9 Å². The maximum absolute atomic E-state index is 12.9. The van der Waals surface area contributed by atoms with E-state index >= 15 is 0 Å². The molecule has 1 aromatic heterocycles. The fraction of sp³-hybridized carbons (Fsp3) is 0.737. The molecule has 144 valence electrons. The third-order valence-corrected chi connectivity index (χ3v) is 5.88. The SMILES string of the molecule is CCN1CCN(C(=O)C(C)N(C)CC2CCCN2c2cccnn2)CC1. The van der Waals surface area contributed by atoms with Crippen LogP contribution in [0.5, 0.6) is 0 Å². The van der Waals surface area contributed by atoms with Crippen LogP contribution in [0.15, 0.2) is 18.3 Å². The average molecular weight is 361 g/mol. The number of rotatable bonds is 6. The molecule has 0 saturated carbocycles. The summed E-state index contributed by atoms with van der Waals surface area (Å²) < 4.78 is 0. The van der Waals surface area contributed by atoms with Gasteiger partial charge in [-0.2, -0.15) is 5.10 Å². The molecule has 2 atom stereocenters. The average Bonchev–Trinajstić information content (AvgIpc) is 3.15. The highest BCUT2D eigenvalue weighted by Gasteiger charge is 2.31. The highest BCUT2D eigenvalue weighted by atomic mass is 16.2. The second-order valence-corrected chi connectivity index (χ2v) is 7.45. The molecule has 1 amide bonds.